The topological polar surface area (TPSA) is 67.3 Å². The molecule has 0 spiro atoms. The van der Waals surface area contributed by atoms with E-state index >= 15 is 0 Å². The molecule has 1 aliphatic rings. The SMILES string of the molecule is CCOC(=O)N1CCC(Nc2nc(C)cnc2C)CC1. The molecule has 0 aliphatic carbocycles. The van der Waals surface area contributed by atoms with E-state index in [9.17, 15) is 4.79 Å². The lowest BCUT2D eigenvalue weighted by molar-refractivity contribution is 0.0983. The van der Waals surface area contributed by atoms with E-state index in [1.54, 1.807) is 11.1 Å². The van der Waals surface area contributed by atoms with E-state index in [1.807, 2.05) is 20.8 Å². The Hall–Kier alpha value is -1.85. The van der Waals surface area contributed by atoms with Crippen molar-refractivity contribution in [1.29, 1.82) is 0 Å². The largest absolute Gasteiger partial charge is 0.450 e. The second-order valence-electron chi connectivity index (χ2n) is 5.05. The number of nitrogens with zero attached hydrogens (tertiary/aromatic N) is 3. The van der Waals surface area contributed by atoms with Crippen LogP contribution >= 0.6 is 0 Å². The van der Waals surface area contributed by atoms with Crippen LogP contribution in [0.4, 0.5) is 10.6 Å². The second kappa shape index (κ2) is 6.54. The molecule has 6 heteroatoms. The number of hydrogen-bond donors (Lipinski definition) is 1. The first-order chi connectivity index (χ1) is 9.60. The molecule has 0 bridgehead atoms. The van der Waals surface area contributed by atoms with Gasteiger partial charge in [-0.1, -0.05) is 0 Å². The molecule has 1 aromatic heterocycles. The average molecular weight is 278 g/mol. The molecule has 6 nitrogen and oxygen atoms in total. The third kappa shape index (κ3) is 3.59. The van der Waals surface area contributed by atoms with Gasteiger partial charge in [-0.05, 0) is 33.6 Å². The lowest BCUT2D eigenvalue weighted by Gasteiger charge is -2.32. The summed E-state index contributed by atoms with van der Waals surface area (Å²) in [6.07, 6.45) is 3.35. The Labute approximate surface area is 119 Å². The summed E-state index contributed by atoms with van der Waals surface area (Å²) >= 11 is 0. The van der Waals surface area contributed by atoms with Crippen LogP contribution in [0.3, 0.4) is 0 Å². The third-order valence-corrected chi connectivity index (χ3v) is 3.44. The van der Waals surface area contributed by atoms with Gasteiger partial charge in [0, 0.05) is 25.3 Å². The van der Waals surface area contributed by atoms with Gasteiger partial charge in [-0.15, -0.1) is 0 Å². The predicted octanol–water partition coefficient (Wildman–Crippen LogP) is 2.13. The highest BCUT2D eigenvalue weighted by molar-refractivity contribution is 5.67. The highest BCUT2D eigenvalue weighted by atomic mass is 16.6. The lowest BCUT2D eigenvalue weighted by atomic mass is 10.1. The van der Waals surface area contributed by atoms with Crippen molar-refractivity contribution < 1.29 is 9.53 Å². The molecule has 110 valence electrons. The predicted molar refractivity (Wildman–Crippen MR) is 76.7 cm³/mol. The van der Waals surface area contributed by atoms with Gasteiger partial charge in [-0.2, -0.15) is 0 Å². The standard InChI is InChI=1S/C14H22N4O2/c1-4-20-14(19)18-7-5-12(6-8-18)17-13-11(3)15-9-10(2)16-13/h9,12H,4-8H2,1-3H3,(H,16,17). The first-order valence-electron chi connectivity index (χ1n) is 7.08. The Kier molecular flexibility index (Phi) is 4.76. The van der Waals surface area contributed by atoms with Gasteiger partial charge in [0.2, 0.25) is 0 Å². The third-order valence-electron chi connectivity index (χ3n) is 3.44. The van der Waals surface area contributed by atoms with Crippen LogP contribution in [0.2, 0.25) is 0 Å². The summed E-state index contributed by atoms with van der Waals surface area (Å²) in [4.78, 5) is 22.2. The van der Waals surface area contributed by atoms with Gasteiger partial charge in [0.15, 0.2) is 0 Å². The summed E-state index contributed by atoms with van der Waals surface area (Å²) in [6.45, 7) is 7.56. The molecule has 1 fully saturated rings. The normalized spacial score (nSPS) is 16.1. The molecule has 1 aliphatic heterocycles. The Morgan fingerprint density at radius 3 is 2.80 bits per heavy atom. The fraction of sp³-hybridized carbons (Fsp3) is 0.643. The number of nitrogens with one attached hydrogen (secondary N) is 1. The number of likely N-dealkylation sites (tertiary alicyclic amines) is 1. The zero-order valence-corrected chi connectivity index (χ0v) is 12.3. The summed E-state index contributed by atoms with van der Waals surface area (Å²) < 4.78 is 5.01. The molecule has 0 aromatic carbocycles. The van der Waals surface area contributed by atoms with E-state index in [0.717, 1.165) is 43.1 Å². The van der Waals surface area contributed by atoms with Crippen LogP contribution in [0.5, 0.6) is 0 Å². The molecular weight excluding hydrogens is 256 g/mol. The number of hydrogen-bond acceptors (Lipinski definition) is 5. The van der Waals surface area contributed by atoms with Crippen molar-refractivity contribution in [3.63, 3.8) is 0 Å². The highest BCUT2D eigenvalue weighted by Gasteiger charge is 2.24. The van der Waals surface area contributed by atoms with Crippen molar-refractivity contribution in [2.24, 2.45) is 0 Å². The Bertz CT molecular complexity index is 470. The first kappa shape index (κ1) is 14.6. The van der Waals surface area contributed by atoms with Crippen LogP contribution in [0.1, 0.15) is 31.2 Å². The van der Waals surface area contributed by atoms with Crippen molar-refractivity contribution in [2.45, 2.75) is 39.7 Å². The van der Waals surface area contributed by atoms with Crippen molar-refractivity contribution in [3.8, 4) is 0 Å². The monoisotopic (exact) mass is 278 g/mol. The lowest BCUT2D eigenvalue weighted by Crippen LogP contribution is -2.42. The Balaban J connectivity index is 1.88. The Morgan fingerprint density at radius 1 is 1.45 bits per heavy atom. The Morgan fingerprint density at radius 2 is 2.15 bits per heavy atom. The minimum Gasteiger partial charge on any atom is -0.450 e. The average Bonchev–Trinajstić information content (AvgIpc) is 2.44. The van der Waals surface area contributed by atoms with Crippen LogP contribution in [0, 0.1) is 13.8 Å². The summed E-state index contributed by atoms with van der Waals surface area (Å²) in [5, 5.41) is 3.43. The summed E-state index contributed by atoms with van der Waals surface area (Å²) in [5.41, 5.74) is 1.81. The van der Waals surface area contributed by atoms with Gasteiger partial charge in [0.1, 0.15) is 5.82 Å². The van der Waals surface area contributed by atoms with E-state index in [2.05, 4.69) is 15.3 Å². The van der Waals surface area contributed by atoms with Crippen LogP contribution in [0.25, 0.3) is 0 Å². The number of amides is 1. The van der Waals surface area contributed by atoms with Gasteiger partial charge < -0.3 is 15.0 Å². The van der Waals surface area contributed by atoms with Crippen molar-refractivity contribution in [1.82, 2.24) is 14.9 Å². The van der Waals surface area contributed by atoms with Gasteiger partial charge in [-0.25, -0.2) is 9.78 Å². The van der Waals surface area contributed by atoms with Crippen molar-refractivity contribution in [3.05, 3.63) is 17.6 Å². The van der Waals surface area contributed by atoms with Crippen LogP contribution in [-0.2, 0) is 4.74 Å². The number of carbonyl (C=O) groups is 1. The van der Waals surface area contributed by atoms with Crippen LogP contribution in [0.15, 0.2) is 6.20 Å². The molecule has 1 saturated heterocycles. The molecule has 20 heavy (non-hydrogen) atoms. The molecule has 0 saturated carbocycles. The molecular formula is C14H22N4O2. The number of ether oxygens (including phenoxy) is 1. The van der Waals surface area contributed by atoms with Gasteiger partial charge in [-0.3, -0.25) is 4.98 Å². The van der Waals surface area contributed by atoms with E-state index < -0.39 is 0 Å². The molecule has 1 aromatic rings. The first-order valence-corrected chi connectivity index (χ1v) is 7.08. The van der Waals surface area contributed by atoms with Gasteiger partial charge in [0.25, 0.3) is 0 Å². The zero-order chi connectivity index (χ0) is 14.5. The number of rotatable bonds is 3. The number of aryl methyl sites for hydroxylation is 2. The second-order valence-corrected chi connectivity index (χ2v) is 5.05. The van der Waals surface area contributed by atoms with Crippen LogP contribution in [-0.4, -0.2) is 46.7 Å². The molecule has 1 N–H and O–H groups in total. The maximum atomic E-state index is 11.6. The maximum Gasteiger partial charge on any atom is 0.409 e. The molecule has 0 radical (unpaired) electrons. The highest BCUT2D eigenvalue weighted by Crippen LogP contribution is 2.17. The van der Waals surface area contributed by atoms with Crippen molar-refractivity contribution >= 4 is 11.9 Å². The minimum atomic E-state index is -0.211. The molecule has 2 heterocycles. The van der Waals surface area contributed by atoms with E-state index in [4.69, 9.17) is 4.74 Å². The molecule has 2 rings (SSSR count). The van der Waals surface area contributed by atoms with Crippen LogP contribution < -0.4 is 5.32 Å². The van der Waals surface area contributed by atoms with Gasteiger partial charge >= 0.3 is 6.09 Å². The van der Waals surface area contributed by atoms with Gasteiger partial charge in [0.05, 0.1) is 18.0 Å². The van der Waals surface area contributed by atoms with E-state index in [-0.39, 0.29) is 6.09 Å². The maximum absolute atomic E-state index is 11.6. The molecule has 1 amide bonds. The molecule has 0 unspecified atom stereocenters. The van der Waals surface area contributed by atoms with Crippen molar-refractivity contribution in [2.75, 3.05) is 25.0 Å². The summed E-state index contributed by atoms with van der Waals surface area (Å²) in [6, 6.07) is 0.329. The minimum absolute atomic E-state index is 0.211. The van der Waals surface area contributed by atoms with E-state index in [1.165, 1.54) is 0 Å². The number of anilines is 1. The fourth-order valence-corrected chi connectivity index (χ4v) is 2.29. The zero-order valence-electron chi connectivity index (χ0n) is 12.3. The smallest absolute Gasteiger partial charge is 0.409 e. The number of carbonyl (C=O) groups excluding carboxylic acids is 1. The summed E-state index contributed by atoms with van der Waals surface area (Å²) in [7, 11) is 0. The quantitative estimate of drug-likeness (QED) is 0.917. The molecule has 0 atom stereocenters. The number of piperidine rings is 1. The fourth-order valence-electron chi connectivity index (χ4n) is 2.29. The number of aromatic nitrogens is 2. The summed E-state index contributed by atoms with van der Waals surface area (Å²) in [5.74, 6) is 0.847. The van der Waals surface area contributed by atoms with E-state index in [0.29, 0.717) is 12.6 Å².